The average Bonchev–Trinajstić information content (AvgIpc) is 2.77. The van der Waals surface area contributed by atoms with Crippen LogP contribution >= 0.6 is 11.3 Å². The fourth-order valence-corrected chi connectivity index (χ4v) is 2.18. The lowest BCUT2D eigenvalue weighted by atomic mass is 10.1. The van der Waals surface area contributed by atoms with Gasteiger partial charge in [-0.05, 0) is 23.8 Å². The van der Waals surface area contributed by atoms with Crippen molar-refractivity contribution in [1.29, 1.82) is 0 Å². The van der Waals surface area contributed by atoms with Gasteiger partial charge in [0.25, 0.3) is 0 Å². The lowest BCUT2D eigenvalue weighted by Crippen LogP contribution is -2.15. The number of nitrogens with one attached hydrogen (secondary N) is 2. The highest BCUT2D eigenvalue weighted by molar-refractivity contribution is 7.07. The molecule has 96 valence electrons. The van der Waals surface area contributed by atoms with Crippen molar-refractivity contribution in [3.8, 4) is 5.75 Å². The van der Waals surface area contributed by atoms with Crippen molar-refractivity contribution >= 4 is 17.0 Å². The summed E-state index contributed by atoms with van der Waals surface area (Å²) in [5.74, 6) is 0.782. The third-order valence-electron chi connectivity index (χ3n) is 2.55. The number of nitrogen functional groups attached to an aromatic ring is 1. The lowest BCUT2D eigenvalue weighted by Gasteiger charge is -2.08. The summed E-state index contributed by atoms with van der Waals surface area (Å²) in [6, 6.07) is 5.55. The SMILES string of the molecule is COc1ccc(N)c(CNCc2csc(=O)[nH]2)c1. The van der Waals surface area contributed by atoms with Crippen LogP contribution < -0.4 is 20.7 Å². The molecule has 0 aliphatic rings. The molecule has 4 N–H and O–H groups in total. The van der Waals surface area contributed by atoms with Crippen LogP contribution in [0, 0.1) is 0 Å². The van der Waals surface area contributed by atoms with E-state index in [2.05, 4.69) is 10.3 Å². The fraction of sp³-hybridized carbons (Fsp3) is 0.250. The summed E-state index contributed by atoms with van der Waals surface area (Å²) in [6.45, 7) is 1.23. The van der Waals surface area contributed by atoms with Crippen LogP contribution in [-0.4, -0.2) is 12.1 Å². The highest BCUT2D eigenvalue weighted by atomic mass is 32.1. The Bertz CT molecular complexity index is 577. The molecule has 1 aromatic carbocycles. The van der Waals surface area contributed by atoms with Crippen LogP contribution in [0.5, 0.6) is 5.75 Å². The first-order chi connectivity index (χ1) is 8.69. The van der Waals surface area contributed by atoms with Crippen molar-refractivity contribution < 1.29 is 4.74 Å². The summed E-state index contributed by atoms with van der Waals surface area (Å²) in [5, 5.41) is 5.03. The second-order valence-corrected chi connectivity index (χ2v) is 4.68. The van der Waals surface area contributed by atoms with Crippen LogP contribution in [0.2, 0.25) is 0 Å². The van der Waals surface area contributed by atoms with E-state index in [1.807, 2.05) is 23.6 Å². The molecule has 18 heavy (non-hydrogen) atoms. The molecule has 2 aromatic rings. The number of aromatic nitrogens is 1. The zero-order valence-electron chi connectivity index (χ0n) is 10.0. The summed E-state index contributed by atoms with van der Waals surface area (Å²) >= 11 is 1.16. The second kappa shape index (κ2) is 5.70. The number of aromatic amines is 1. The van der Waals surface area contributed by atoms with Gasteiger partial charge in [-0.2, -0.15) is 0 Å². The standard InChI is InChI=1S/C12H15N3O2S/c1-17-10-2-3-11(13)8(4-10)5-14-6-9-7-18-12(16)15-9/h2-4,7,14H,5-6,13H2,1H3,(H,15,16). The van der Waals surface area contributed by atoms with Gasteiger partial charge in [0, 0.05) is 29.9 Å². The lowest BCUT2D eigenvalue weighted by molar-refractivity contribution is 0.414. The minimum Gasteiger partial charge on any atom is -0.497 e. The molecule has 6 heteroatoms. The normalized spacial score (nSPS) is 10.5. The van der Waals surface area contributed by atoms with Crippen molar-refractivity contribution in [1.82, 2.24) is 10.3 Å². The topological polar surface area (TPSA) is 80.1 Å². The second-order valence-electron chi connectivity index (χ2n) is 3.84. The predicted molar refractivity (Wildman–Crippen MR) is 72.9 cm³/mol. The summed E-state index contributed by atoms with van der Waals surface area (Å²) in [6.07, 6.45) is 0. The first-order valence-electron chi connectivity index (χ1n) is 5.49. The van der Waals surface area contributed by atoms with Crippen molar-refractivity contribution in [2.45, 2.75) is 13.1 Å². The van der Waals surface area contributed by atoms with Crippen molar-refractivity contribution in [3.05, 3.63) is 44.5 Å². The molecule has 1 heterocycles. The molecule has 0 saturated heterocycles. The number of ether oxygens (including phenoxy) is 1. The molecule has 0 atom stereocenters. The summed E-state index contributed by atoms with van der Waals surface area (Å²) in [5.41, 5.74) is 8.46. The van der Waals surface area contributed by atoms with Crippen molar-refractivity contribution in [2.75, 3.05) is 12.8 Å². The predicted octanol–water partition coefficient (Wildman–Crippen LogP) is 1.32. The molecule has 0 aliphatic heterocycles. The van der Waals surface area contributed by atoms with Crippen LogP contribution in [-0.2, 0) is 13.1 Å². The van der Waals surface area contributed by atoms with Gasteiger partial charge in [-0.1, -0.05) is 11.3 Å². The number of methoxy groups -OCH3 is 1. The number of rotatable bonds is 5. The van der Waals surface area contributed by atoms with E-state index in [-0.39, 0.29) is 4.87 Å². The van der Waals surface area contributed by atoms with Crippen LogP contribution in [0.1, 0.15) is 11.3 Å². The Morgan fingerprint density at radius 1 is 1.44 bits per heavy atom. The van der Waals surface area contributed by atoms with Crippen LogP contribution in [0.4, 0.5) is 5.69 Å². The third-order valence-corrected chi connectivity index (χ3v) is 3.27. The van der Waals surface area contributed by atoms with Crippen LogP contribution in [0.15, 0.2) is 28.4 Å². The molecular formula is C12H15N3O2S. The van der Waals surface area contributed by atoms with Gasteiger partial charge in [0.05, 0.1) is 7.11 Å². The van der Waals surface area contributed by atoms with Gasteiger partial charge >= 0.3 is 4.87 Å². The fourth-order valence-electron chi connectivity index (χ4n) is 1.59. The summed E-state index contributed by atoms with van der Waals surface area (Å²) in [4.78, 5) is 13.7. The molecule has 5 nitrogen and oxygen atoms in total. The Balaban J connectivity index is 1.95. The maximum atomic E-state index is 11.0. The Labute approximate surface area is 109 Å². The number of benzene rings is 1. The van der Waals surface area contributed by atoms with Gasteiger partial charge in [0.15, 0.2) is 0 Å². The molecule has 0 radical (unpaired) electrons. The Kier molecular flexibility index (Phi) is 4.01. The molecule has 0 amide bonds. The van der Waals surface area contributed by atoms with Crippen LogP contribution in [0.3, 0.4) is 0 Å². The molecule has 0 saturated carbocycles. The minimum absolute atomic E-state index is 0.0345. The number of nitrogens with two attached hydrogens (primary N) is 1. The van der Waals surface area contributed by atoms with E-state index in [4.69, 9.17) is 10.5 Å². The van der Waals surface area contributed by atoms with E-state index in [0.717, 1.165) is 34.0 Å². The third kappa shape index (κ3) is 3.12. The maximum absolute atomic E-state index is 11.0. The zero-order chi connectivity index (χ0) is 13.0. The largest absolute Gasteiger partial charge is 0.497 e. The van der Waals surface area contributed by atoms with Gasteiger partial charge in [-0.25, -0.2) is 0 Å². The molecule has 0 unspecified atom stereocenters. The molecule has 0 bridgehead atoms. The number of anilines is 1. The van der Waals surface area contributed by atoms with Crippen molar-refractivity contribution in [3.63, 3.8) is 0 Å². The molecule has 0 spiro atoms. The Morgan fingerprint density at radius 2 is 2.28 bits per heavy atom. The molecule has 0 aliphatic carbocycles. The Hall–Kier alpha value is -1.79. The van der Waals surface area contributed by atoms with Gasteiger partial charge in [0.1, 0.15) is 5.75 Å². The quantitative estimate of drug-likeness (QED) is 0.712. The zero-order valence-corrected chi connectivity index (χ0v) is 10.8. The van der Waals surface area contributed by atoms with E-state index in [1.54, 1.807) is 7.11 Å². The van der Waals surface area contributed by atoms with Crippen LogP contribution in [0.25, 0.3) is 0 Å². The minimum atomic E-state index is -0.0345. The van der Waals surface area contributed by atoms with Gasteiger partial charge in [-0.15, -0.1) is 0 Å². The number of hydrogen-bond donors (Lipinski definition) is 3. The van der Waals surface area contributed by atoms with Crippen molar-refractivity contribution in [2.24, 2.45) is 0 Å². The van der Waals surface area contributed by atoms with Gasteiger partial charge in [0.2, 0.25) is 0 Å². The number of thiazole rings is 1. The average molecular weight is 265 g/mol. The van der Waals surface area contributed by atoms with Gasteiger partial charge in [-0.3, -0.25) is 4.79 Å². The van der Waals surface area contributed by atoms with E-state index in [1.165, 1.54) is 0 Å². The molecular weight excluding hydrogens is 250 g/mol. The first-order valence-corrected chi connectivity index (χ1v) is 6.37. The van der Waals surface area contributed by atoms with E-state index in [9.17, 15) is 4.79 Å². The summed E-state index contributed by atoms with van der Waals surface area (Å²) in [7, 11) is 1.62. The summed E-state index contributed by atoms with van der Waals surface area (Å²) < 4.78 is 5.15. The monoisotopic (exact) mass is 265 g/mol. The van der Waals surface area contributed by atoms with E-state index in [0.29, 0.717) is 13.1 Å². The molecule has 0 fully saturated rings. The Morgan fingerprint density at radius 3 is 2.94 bits per heavy atom. The van der Waals surface area contributed by atoms with E-state index < -0.39 is 0 Å². The highest BCUT2D eigenvalue weighted by Gasteiger charge is 2.02. The first kappa shape index (κ1) is 12.7. The maximum Gasteiger partial charge on any atom is 0.304 e. The highest BCUT2D eigenvalue weighted by Crippen LogP contribution is 2.19. The van der Waals surface area contributed by atoms with Gasteiger partial charge < -0.3 is 20.8 Å². The van der Waals surface area contributed by atoms with E-state index >= 15 is 0 Å². The number of hydrogen-bond acceptors (Lipinski definition) is 5. The molecule has 1 aromatic heterocycles. The molecule has 2 rings (SSSR count). The number of H-pyrrole nitrogens is 1. The smallest absolute Gasteiger partial charge is 0.304 e.